The van der Waals surface area contributed by atoms with Gasteiger partial charge in [0.2, 0.25) is 0 Å². The molecule has 0 unspecified atom stereocenters. The molecule has 3 heteroatoms. The van der Waals surface area contributed by atoms with Crippen LogP contribution in [0.2, 0.25) is 0 Å². The van der Waals surface area contributed by atoms with Gasteiger partial charge in [0.15, 0.2) is 0 Å². The van der Waals surface area contributed by atoms with Gasteiger partial charge in [0.25, 0.3) is 0 Å². The molecular formula is C26H27Cl2Zr-. The monoisotopic (exact) mass is 499 g/mol. The summed E-state index contributed by atoms with van der Waals surface area (Å²) in [5.74, 6) is 0. The molecule has 0 nitrogen and oxygen atoms in total. The predicted molar refractivity (Wildman–Crippen MR) is 113 cm³/mol. The summed E-state index contributed by atoms with van der Waals surface area (Å²) in [5.41, 5.74) is 9.79. The molecule has 5 rings (SSSR count). The number of hydrogen-bond donors (Lipinski definition) is 0. The second-order valence-electron chi connectivity index (χ2n) is 7.74. The van der Waals surface area contributed by atoms with Gasteiger partial charge in [-0.15, -0.1) is 40.5 Å². The molecule has 29 heavy (non-hydrogen) atoms. The van der Waals surface area contributed by atoms with Crippen molar-refractivity contribution in [2.24, 2.45) is 0 Å². The maximum atomic E-state index is 3.72. The van der Waals surface area contributed by atoms with Crippen molar-refractivity contribution in [1.29, 1.82) is 0 Å². The Balaban J connectivity index is 0.000000287. The van der Waals surface area contributed by atoms with E-state index in [-0.39, 0.29) is 24.8 Å². The van der Waals surface area contributed by atoms with Gasteiger partial charge in [-0.1, -0.05) is 60.9 Å². The second kappa shape index (κ2) is 11.6. The van der Waals surface area contributed by atoms with Crippen LogP contribution in [0.1, 0.15) is 67.7 Å². The molecule has 150 valence electrons. The van der Waals surface area contributed by atoms with Crippen molar-refractivity contribution in [3.8, 4) is 11.1 Å². The molecule has 2 aromatic carbocycles. The van der Waals surface area contributed by atoms with Crippen molar-refractivity contribution in [3.05, 3.63) is 76.9 Å². The molecule has 0 saturated heterocycles. The van der Waals surface area contributed by atoms with Gasteiger partial charge >= 0.3 is 59.5 Å². The van der Waals surface area contributed by atoms with Crippen LogP contribution in [0.5, 0.6) is 0 Å². The molecule has 0 atom stereocenters. The Bertz CT molecular complexity index is 916. The van der Waals surface area contributed by atoms with Crippen LogP contribution in [0.25, 0.3) is 16.7 Å². The van der Waals surface area contributed by atoms with Gasteiger partial charge in [-0.05, 0) is 18.4 Å². The molecule has 0 N–H and O–H groups in total. The summed E-state index contributed by atoms with van der Waals surface area (Å²) in [6.07, 6.45) is 17.1. The molecule has 1 fully saturated rings. The fourth-order valence-electron chi connectivity index (χ4n) is 4.32. The predicted octanol–water partition coefficient (Wildman–Crippen LogP) is 0.641. The third kappa shape index (κ3) is 5.69. The van der Waals surface area contributed by atoms with Crippen LogP contribution < -0.4 is 24.8 Å². The van der Waals surface area contributed by atoms with E-state index >= 15 is 0 Å². The molecule has 2 aromatic rings. The molecule has 0 spiro atoms. The number of benzene rings is 2. The summed E-state index contributed by atoms with van der Waals surface area (Å²) in [6, 6.07) is 14.9. The fraction of sp³-hybridized carbons (Fsp3) is 0.346. The van der Waals surface area contributed by atoms with Crippen LogP contribution in [-0.2, 0) is 37.1 Å². The average Bonchev–Trinajstić information content (AvgIpc) is 3.35. The first-order chi connectivity index (χ1) is 13.3. The summed E-state index contributed by atoms with van der Waals surface area (Å²) in [7, 11) is 0. The van der Waals surface area contributed by atoms with Crippen LogP contribution >= 0.6 is 0 Å². The SMILES string of the molecule is CCc1cc2c([c-]c1C1=CC=CC1)Cc1ccccc1-2.[Cl-].[Cl-].[Zr+2]=[C]1CCCCC1. The number of aryl methyl sites for hydroxylation is 1. The van der Waals surface area contributed by atoms with Crippen molar-refractivity contribution >= 4 is 8.78 Å². The topological polar surface area (TPSA) is 0 Å². The zero-order valence-electron chi connectivity index (χ0n) is 17.0. The summed E-state index contributed by atoms with van der Waals surface area (Å²) in [6.45, 7) is 2.24. The van der Waals surface area contributed by atoms with Crippen molar-refractivity contribution < 1.29 is 49.0 Å². The van der Waals surface area contributed by atoms with E-state index < -0.39 is 0 Å². The van der Waals surface area contributed by atoms with Gasteiger partial charge in [0.1, 0.15) is 0 Å². The Morgan fingerprint density at radius 3 is 2.38 bits per heavy atom. The molecular weight excluding hydrogens is 474 g/mol. The van der Waals surface area contributed by atoms with Crippen molar-refractivity contribution in [2.45, 2.75) is 58.3 Å². The first-order valence-electron chi connectivity index (χ1n) is 10.3. The van der Waals surface area contributed by atoms with Crippen LogP contribution in [0.15, 0.2) is 48.6 Å². The van der Waals surface area contributed by atoms with Crippen LogP contribution in [0.4, 0.5) is 0 Å². The minimum atomic E-state index is 0. The molecule has 0 amide bonds. The fourth-order valence-corrected chi connectivity index (χ4v) is 5.18. The first kappa shape index (κ1) is 24.5. The Morgan fingerprint density at radius 2 is 1.76 bits per heavy atom. The number of fused-ring (bicyclic) bond motifs is 3. The van der Waals surface area contributed by atoms with Crippen molar-refractivity contribution in [1.82, 2.24) is 0 Å². The maximum absolute atomic E-state index is 3.72. The standard InChI is InChI=1S/C20H17.C6H10.2ClH.Zr/c1-2-14-12-20-17(11-16-9-5-6-10-18(16)20)13-19(14)15-7-3-4-8-15;1-2-4-6-5-3-1;;;/h3-7,9-10,12H,2,8,11H2,1H3;1-5H2;2*1H;/q-1;;;;+2/p-2. The number of allylic oxidation sites excluding steroid dienone is 4. The number of halogens is 2. The Morgan fingerprint density at radius 1 is 1.00 bits per heavy atom. The van der Waals surface area contributed by atoms with E-state index in [0.29, 0.717) is 0 Å². The van der Waals surface area contributed by atoms with Crippen molar-refractivity contribution in [2.75, 3.05) is 0 Å². The minimum absolute atomic E-state index is 0. The van der Waals surface area contributed by atoms with E-state index in [1.165, 1.54) is 71.1 Å². The average molecular weight is 502 g/mol. The van der Waals surface area contributed by atoms with Crippen LogP contribution in [-0.4, -0.2) is 3.21 Å². The number of rotatable bonds is 2. The van der Waals surface area contributed by atoms with E-state index in [2.05, 4.69) is 61.5 Å². The molecule has 3 aliphatic carbocycles. The Labute approximate surface area is 203 Å². The Hall–Kier alpha value is -0.747. The molecule has 0 aliphatic heterocycles. The van der Waals surface area contributed by atoms with Crippen molar-refractivity contribution in [3.63, 3.8) is 0 Å². The van der Waals surface area contributed by atoms with E-state index in [1.807, 2.05) is 0 Å². The van der Waals surface area contributed by atoms with Gasteiger partial charge in [-0.25, -0.2) is 0 Å². The van der Waals surface area contributed by atoms with Gasteiger partial charge in [0.05, 0.1) is 0 Å². The van der Waals surface area contributed by atoms with E-state index in [4.69, 9.17) is 0 Å². The molecule has 1 saturated carbocycles. The Kier molecular flexibility index (Phi) is 9.80. The molecule has 0 heterocycles. The van der Waals surface area contributed by atoms with Gasteiger partial charge in [-0.2, -0.15) is 0 Å². The van der Waals surface area contributed by atoms with Crippen LogP contribution in [0.3, 0.4) is 0 Å². The molecule has 0 radical (unpaired) electrons. The van der Waals surface area contributed by atoms with Gasteiger partial charge < -0.3 is 24.8 Å². The summed E-state index contributed by atoms with van der Waals surface area (Å²) in [4.78, 5) is 0. The van der Waals surface area contributed by atoms with Gasteiger partial charge in [-0.3, -0.25) is 0 Å². The third-order valence-corrected chi connectivity index (χ3v) is 7.07. The van der Waals surface area contributed by atoms with Crippen LogP contribution in [0, 0.1) is 6.07 Å². The molecule has 0 aromatic heterocycles. The summed E-state index contributed by atoms with van der Waals surface area (Å²) >= 11 is 1.69. The zero-order valence-corrected chi connectivity index (χ0v) is 21.0. The summed E-state index contributed by atoms with van der Waals surface area (Å²) in [5, 5.41) is 0. The first-order valence-corrected chi connectivity index (χ1v) is 11.6. The summed E-state index contributed by atoms with van der Waals surface area (Å²) < 4.78 is 1.80. The second-order valence-corrected chi connectivity index (χ2v) is 9.48. The zero-order chi connectivity index (χ0) is 18.6. The molecule has 0 bridgehead atoms. The quantitative estimate of drug-likeness (QED) is 0.453. The van der Waals surface area contributed by atoms with E-state index in [9.17, 15) is 0 Å². The molecule has 3 aliphatic rings. The van der Waals surface area contributed by atoms with E-state index in [1.54, 1.807) is 27.4 Å². The third-order valence-electron chi connectivity index (χ3n) is 5.85. The van der Waals surface area contributed by atoms with E-state index in [0.717, 1.165) is 19.3 Å². The number of hydrogen-bond acceptors (Lipinski definition) is 0. The van der Waals surface area contributed by atoms with Gasteiger partial charge in [0, 0.05) is 0 Å². The normalized spacial score (nSPS) is 16.0.